The van der Waals surface area contributed by atoms with Gasteiger partial charge in [-0.15, -0.1) is 10.2 Å². The maximum absolute atomic E-state index is 12.6. The first-order valence-electron chi connectivity index (χ1n) is 7.42. The van der Waals surface area contributed by atoms with E-state index >= 15 is 0 Å². The number of ether oxygens (including phenoxy) is 1. The van der Waals surface area contributed by atoms with Gasteiger partial charge in [-0.3, -0.25) is 14.2 Å². The van der Waals surface area contributed by atoms with Crippen LogP contribution in [0.3, 0.4) is 0 Å². The van der Waals surface area contributed by atoms with Crippen LogP contribution in [-0.2, 0) is 14.3 Å². The van der Waals surface area contributed by atoms with Gasteiger partial charge >= 0.3 is 5.97 Å². The van der Waals surface area contributed by atoms with E-state index in [9.17, 15) is 9.59 Å². The Balaban J connectivity index is 2.18. The lowest BCUT2D eigenvalue weighted by molar-refractivity contribution is -0.137. The molecule has 0 aliphatic rings. The number of amides is 1. The van der Waals surface area contributed by atoms with E-state index < -0.39 is 12.0 Å². The minimum Gasteiger partial charge on any atom is -0.468 e. The molecule has 0 fully saturated rings. The number of halogens is 1. The van der Waals surface area contributed by atoms with Crippen molar-refractivity contribution in [3.63, 3.8) is 0 Å². The number of nitrogens with two attached hydrogens (primary N) is 1. The minimum atomic E-state index is -0.620. The molecule has 1 amide bonds. The summed E-state index contributed by atoms with van der Waals surface area (Å²) in [7, 11) is 1.30. The topological polar surface area (TPSA) is 112 Å². The molecule has 8 nitrogen and oxygen atoms in total. The van der Waals surface area contributed by atoms with Crippen LogP contribution in [0.4, 0.5) is 11.6 Å². The van der Waals surface area contributed by atoms with Gasteiger partial charge in [0.2, 0.25) is 11.9 Å². The van der Waals surface area contributed by atoms with E-state index in [0.29, 0.717) is 22.3 Å². The molecule has 0 saturated heterocycles. The molecule has 0 bridgehead atoms. The molecule has 10 heteroatoms. The average molecular weight is 384 g/mol. The number of benzene rings is 1. The number of anilines is 2. The van der Waals surface area contributed by atoms with Gasteiger partial charge < -0.3 is 15.8 Å². The number of carbonyl (C=O) groups is 2. The van der Waals surface area contributed by atoms with E-state index in [-0.39, 0.29) is 17.6 Å². The number of methoxy groups -OCH3 is 1. The number of rotatable bonds is 7. The third kappa shape index (κ3) is 4.86. The Morgan fingerprint density at radius 2 is 2.04 bits per heavy atom. The Bertz CT molecular complexity index is 750. The summed E-state index contributed by atoms with van der Waals surface area (Å²) in [6.45, 7) is 1.85. The second-order valence-corrected chi connectivity index (χ2v) is 6.37. The van der Waals surface area contributed by atoms with Crippen molar-refractivity contribution in [2.75, 3.05) is 23.9 Å². The molecule has 25 heavy (non-hydrogen) atoms. The van der Waals surface area contributed by atoms with Crippen molar-refractivity contribution < 1.29 is 14.3 Å². The minimum absolute atomic E-state index is 0.0455. The van der Waals surface area contributed by atoms with Gasteiger partial charge in [-0.1, -0.05) is 30.3 Å². The molecule has 1 aromatic heterocycles. The zero-order valence-electron chi connectivity index (χ0n) is 13.7. The number of esters is 1. The Hall–Kier alpha value is -2.26. The highest BCUT2D eigenvalue weighted by atomic mass is 35.5. The molecule has 1 atom stereocenters. The van der Waals surface area contributed by atoms with Gasteiger partial charge in [0.15, 0.2) is 5.16 Å². The van der Waals surface area contributed by atoms with Crippen LogP contribution >= 0.6 is 23.4 Å². The number of hydrogen-bond donors (Lipinski definition) is 2. The number of nitrogens with zero attached hydrogens (tertiary/aromatic N) is 3. The van der Waals surface area contributed by atoms with Gasteiger partial charge in [-0.2, -0.15) is 0 Å². The van der Waals surface area contributed by atoms with E-state index in [0.717, 1.165) is 11.8 Å². The maximum Gasteiger partial charge on any atom is 0.316 e. The number of carbonyl (C=O) groups excluding carboxylic acids is 2. The van der Waals surface area contributed by atoms with Crippen LogP contribution in [0.15, 0.2) is 29.4 Å². The summed E-state index contributed by atoms with van der Waals surface area (Å²) in [6, 6.07) is 6.15. The Kier molecular flexibility index (Phi) is 6.65. The summed E-state index contributed by atoms with van der Waals surface area (Å²) >= 11 is 6.95. The predicted octanol–water partition coefficient (Wildman–Crippen LogP) is 2.37. The van der Waals surface area contributed by atoms with E-state index in [1.54, 1.807) is 24.3 Å². The summed E-state index contributed by atoms with van der Waals surface area (Å²) in [5, 5.41) is 11.5. The van der Waals surface area contributed by atoms with E-state index in [4.69, 9.17) is 17.3 Å². The fourth-order valence-electron chi connectivity index (χ4n) is 2.11. The third-order valence-electron chi connectivity index (χ3n) is 3.35. The molecule has 0 saturated carbocycles. The molecular weight excluding hydrogens is 366 g/mol. The van der Waals surface area contributed by atoms with Crippen LogP contribution in [0.25, 0.3) is 0 Å². The largest absolute Gasteiger partial charge is 0.468 e. The van der Waals surface area contributed by atoms with Crippen molar-refractivity contribution in [3.05, 3.63) is 29.3 Å². The molecular formula is C15H18ClN5O3S. The van der Waals surface area contributed by atoms with E-state index in [2.05, 4.69) is 20.3 Å². The van der Waals surface area contributed by atoms with Crippen molar-refractivity contribution >= 4 is 46.9 Å². The van der Waals surface area contributed by atoms with E-state index in [1.807, 2.05) is 6.92 Å². The summed E-state index contributed by atoms with van der Waals surface area (Å²) in [6.07, 6.45) is 0.466. The smallest absolute Gasteiger partial charge is 0.316 e. The first-order valence-corrected chi connectivity index (χ1v) is 8.79. The summed E-state index contributed by atoms with van der Waals surface area (Å²) < 4.78 is 6.12. The highest BCUT2D eigenvalue weighted by Crippen LogP contribution is 2.26. The normalized spacial score (nSPS) is 11.8. The van der Waals surface area contributed by atoms with Crippen molar-refractivity contribution in [1.29, 1.82) is 0 Å². The first kappa shape index (κ1) is 19.1. The molecule has 0 radical (unpaired) electrons. The lowest BCUT2D eigenvalue weighted by Crippen LogP contribution is -2.27. The number of hydrogen-bond acceptors (Lipinski definition) is 7. The van der Waals surface area contributed by atoms with Gasteiger partial charge in [-0.25, -0.2) is 0 Å². The van der Waals surface area contributed by atoms with Gasteiger partial charge in [0.05, 0.1) is 12.9 Å². The third-order valence-corrected chi connectivity index (χ3v) is 4.52. The molecule has 134 valence electrons. The van der Waals surface area contributed by atoms with Crippen LogP contribution in [0.5, 0.6) is 0 Å². The quantitative estimate of drug-likeness (QED) is 0.557. The second kappa shape index (κ2) is 8.72. The average Bonchev–Trinajstić information content (AvgIpc) is 2.96. The van der Waals surface area contributed by atoms with Crippen LogP contribution in [0.2, 0.25) is 5.02 Å². The second-order valence-electron chi connectivity index (χ2n) is 5.00. The SMILES string of the molecule is CCC(C(=O)Nc1ccc(Cl)cc1)n1c(N)nnc1SCC(=O)OC. The van der Waals surface area contributed by atoms with Gasteiger partial charge in [0, 0.05) is 10.7 Å². The van der Waals surface area contributed by atoms with E-state index in [1.165, 1.54) is 11.7 Å². The van der Waals surface area contributed by atoms with Crippen molar-refractivity contribution in [2.45, 2.75) is 24.5 Å². The van der Waals surface area contributed by atoms with Crippen LogP contribution in [-0.4, -0.2) is 39.5 Å². The standard InChI is InChI=1S/C15H18ClN5O3S/c1-3-11(13(23)18-10-6-4-9(16)5-7-10)21-14(17)19-20-15(21)25-8-12(22)24-2/h4-7,11H,3,8H2,1-2H3,(H2,17,19)(H,18,23). The van der Waals surface area contributed by atoms with Crippen LogP contribution in [0, 0.1) is 0 Å². The molecule has 0 aliphatic heterocycles. The van der Waals surface area contributed by atoms with Crippen LogP contribution in [0.1, 0.15) is 19.4 Å². The first-order chi connectivity index (χ1) is 12.0. The molecule has 2 aromatic rings. The highest BCUT2D eigenvalue weighted by molar-refractivity contribution is 7.99. The fraction of sp³-hybridized carbons (Fsp3) is 0.333. The zero-order chi connectivity index (χ0) is 18.4. The summed E-state index contributed by atoms with van der Waals surface area (Å²) in [5.41, 5.74) is 6.48. The summed E-state index contributed by atoms with van der Waals surface area (Å²) in [4.78, 5) is 24.0. The number of thioether (sulfide) groups is 1. The molecule has 0 aliphatic carbocycles. The number of nitrogens with one attached hydrogen (secondary N) is 1. The molecule has 2 rings (SSSR count). The maximum atomic E-state index is 12.6. The lowest BCUT2D eigenvalue weighted by Gasteiger charge is -2.19. The molecule has 1 unspecified atom stereocenters. The lowest BCUT2D eigenvalue weighted by atomic mass is 10.2. The Morgan fingerprint density at radius 1 is 1.36 bits per heavy atom. The van der Waals surface area contributed by atoms with Gasteiger partial charge in [0.25, 0.3) is 0 Å². The Labute approximate surface area is 154 Å². The number of aromatic nitrogens is 3. The van der Waals surface area contributed by atoms with Crippen LogP contribution < -0.4 is 11.1 Å². The molecule has 3 N–H and O–H groups in total. The summed E-state index contributed by atoms with van der Waals surface area (Å²) in [5.74, 6) is -0.525. The monoisotopic (exact) mass is 383 g/mol. The van der Waals surface area contributed by atoms with Crippen molar-refractivity contribution in [1.82, 2.24) is 14.8 Å². The molecule has 1 aromatic carbocycles. The highest BCUT2D eigenvalue weighted by Gasteiger charge is 2.25. The fourth-order valence-corrected chi connectivity index (χ4v) is 3.06. The van der Waals surface area contributed by atoms with Gasteiger partial charge in [0.1, 0.15) is 6.04 Å². The Morgan fingerprint density at radius 3 is 2.64 bits per heavy atom. The predicted molar refractivity (Wildman–Crippen MR) is 96.6 cm³/mol. The molecule has 0 spiro atoms. The zero-order valence-corrected chi connectivity index (χ0v) is 15.3. The number of nitrogen functional groups attached to an aromatic ring is 1. The molecule has 1 heterocycles. The van der Waals surface area contributed by atoms with Gasteiger partial charge in [-0.05, 0) is 30.7 Å². The van der Waals surface area contributed by atoms with Crippen molar-refractivity contribution in [2.24, 2.45) is 0 Å². The van der Waals surface area contributed by atoms with Crippen molar-refractivity contribution in [3.8, 4) is 0 Å².